The van der Waals surface area contributed by atoms with E-state index in [2.05, 4.69) is 113 Å². The zero-order valence-corrected chi connectivity index (χ0v) is 60.1. The van der Waals surface area contributed by atoms with Crippen LogP contribution in [0.2, 0.25) is 53.1 Å². The second kappa shape index (κ2) is 33.3. The molecule has 0 unspecified atom stereocenters. The summed E-state index contributed by atoms with van der Waals surface area (Å²) in [4.78, 5) is 61.8. The molecular formula is C88H91B5O7. The van der Waals surface area contributed by atoms with E-state index in [4.69, 9.17) is 9.31 Å². The monoisotopic (exact) mass is 1310 g/mol. The molecule has 0 saturated heterocycles. The van der Waals surface area contributed by atoms with Crippen LogP contribution in [-0.2, 0) is 73.9 Å². The van der Waals surface area contributed by atoms with Gasteiger partial charge in [-0.25, -0.2) is 0 Å². The van der Waals surface area contributed by atoms with Crippen molar-refractivity contribution in [1.29, 1.82) is 0 Å². The minimum absolute atomic E-state index is 0.138. The lowest BCUT2D eigenvalue weighted by molar-refractivity contribution is 0.0984. The number of benzene rings is 10. The van der Waals surface area contributed by atoms with Gasteiger partial charge in [-0.2, -0.15) is 0 Å². The van der Waals surface area contributed by atoms with Crippen molar-refractivity contribution in [2.24, 2.45) is 0 Å². The molecule has 12 heteroatoms. The van der Waals surface area contributed by atoms with Crippen LogP contribution in [0.1, 0.15) is 135 Å². The summed E-state index contributed by atoms with van der Waals surface area (Å²) in [6.07, 6.45) is 9.68. The molecule has 0 N–H and O–H groups in total. The van der Waals surface area contributed by atoms with Gasteiger partial charge in [0.1, 0.15) is 0 Å². The summed E-state index contributed by atoms with van der Waals surface area (Å²) in [5.74, 6) is 0.971. The molecule has 5 aliphatic heterocycles. The maximum Gasteiger partial charge on any atom is 0.324 e. The highest BCUT2D eigenvalue weighted by atomic mass is 16.4. The molecular weight excluding hydrogens is 1220 g/mol. The third-order valence-corrected chi connectivity index (χ3v) is 20.8. The number of ketones is 5. The van der Waals surface area contributed by atoms with Crippen LogP contribution >= 0.6 is 0 Å². The molecule has 10 aromatic rings. The minimum atomic E-state index is 0.138. The van der Waals surface area contributed by atoms with Crippen molar-refractivity contribution < 1.29 is 33.3 Å². The van der Waals surface area contributed by atoms with Gasteiger partial charge in [-0.15, -0.1) is 0 Å². The Bertz CT molecular complexity index is 4420. The first kappa shape index (κ1) is 72.1. The number of hydrogen-bond acceptors (Lipinski definition) is 7. The Kier molecular flexibility index (Phi) is 24.0. The van der Waals surface area contributed by atoms with Crippen LogP contribution in [0.25, 0.3) is 0 Å². The van der Waals surface area contributed by atoms with E-state index in [1.54, 1.807) is 0 Å². The average molecular weight is 1310 g/mol. The molecule has 0 aliphatic carbocycles. The van der Waals surface area contributed by atoms with Gasteiger partial charge in [-0.05, 0) is 127 Å². The normalized spacial score (nSPS) is 13.4. The SMILES string of the molecule is CB1CCc2ccc(CC(=O)c3ccc(C)cc3)cc21.CB1CCc2ccc(CC(=O)c3cccc(C)c3)cc21.CB1CCc2ccc(CC(=O)c3ccccc3C)cc21.CB1OCc2ccc(CC(=O)c3cccc(C)c3)cc21.CB1OCc2ccc(CC(=O)c3ccccc3C)cc21. The van der Waals surface area contributed by atoms with Crippen molar-refractivity contribution in [2.75, 3.05) is 0 Å². The molecule has 500 valence electrons. The van der Waals surface area contributed by atoms with Gasteiger partial charge in [0.05, 0.1) is 13.2 Å². The maximum atomic E-state index is 12.4. The molecule has 0 radical (unpaired) electrons. The Balaban J connectivity index is 0.000000126. The second-order valence-electron chi connectivity index (χ2n) is 28.6. The molecule has 0 aromatic heterocycles. The minimum Gasteiger partial charge on any atom is -0.427 e. The molecule has 100 heavy (non-hydrogen) atoms. The van der Waals surface area contributed by atoms with E-state index in [0.29, 0.717) is 65.5 Å². The van der Waals surface area contributed by atoms with Crippen LogP contribution in [0.3, 0.4) is 0 Å². The van der Waals surface area contributed by atoms with E-state index < -0.39 is 0 Å². The molecule has 0 spiro atoms. The number of Topliss-reactive ketones (excluding diaryl/α,β-unsaturated/α-hetero) is 5. The van der Waals surface area contributed by atoms with Crippen LogP contribution < -0.4 is 27.3 Å². The van der Waals surface area contributed by atoms with Crippen LogP contribution in [0.4, 0.5) is 0 Å². The van der Waals surface area contributed by atoms with E-state index in [0.717, 1.165) is 77.9 Å². The number of hydrogen-bond donors (Lipinski definition) is 0. The molecule has 0 saturated carbocycles. The van der Waals surface area contributed by atoms with Gasteiger partial charge in [0.2, 0.25) is 0 Å². The summed E-state index contributed by atoms with van der Waals surface area (Å²) in [5, 5.41) is 0. The molecule has 5 aliphatic rings. The number of rotatable bonds is 15. The molecule has 0 amide bonds. The first-order valence-electron chi connectivity index (χ1n) is 36.0. The van der Waals surface area contributed by atoms with Gasteiger partial charge < -0.3 is 9.31 Å². The van der Waals surface area contributed by atoms with Crippen molar-refractivity contribution in [3.63, 3.8) is 0 Å². The Morgan fingerprint density at radius 3 is 0.970 bits per heavy atom. The Morgan fingerprint density at radius 2 is 0.620 bits per heavy atom. The molecule has 0 bridgehead atoms. The first-order valence-corrected chi connectivity index (χ1v) is 36.0. The average Bonchev–Trinajstić information content (AvgIpc) is 1.65. The third-order valence-electron chi connectivity index (χ3n) is 20.8. The van der Waals surface area contributed by atoms with E-state index in [1.807, 2.05) is 168 Å². The molecule has 0 atom stereocenters. The lowest BCUT2D eigenvalue weighted by atomic mass is 9.48. The van der Waals surface area contributed by atoms with Gasteiger partial charge in [0, 0.05) is 59.9 Å². The molecule has 15 rings (SSSR count). The first-order chi connectivity index (χ1) is 48.2. The largest absolute Gasteiger partial charge is 0.427 e. The summed E-state index contributed by atoms with van der Waals surface area (Å²) in [5.41, 5.74) is 28.8. The van der Waals surface area contributed by atoms with E-state index in [1.165, 1.54) is 98.9 Å². The van der Waals surface area contributed by atoms with Gasteiger partial charge in [0.15, 0.2) is 49.1 Å². The van der Waals surface area contributed by atoms with E-state index in [9.17, 15) is 24.0 Å². The van der Waals surface area contributed by atoms with Crippen molar-refractivity contribution in [3.8, 4) is 0 Å². The van der Waals surface area contributed by atoms with E-state index in [-0.39, 0.29) is 42.7 Å². The predicted molar refractivity (Wildman–Crippen MR) is 420 cm³/mol. The zero-order valence-electron chi connectivity index (χ0n) is 60.1. The van der Waals surface area contributed by atoms with Crippen LogP contribution in [0.5, 0.6) is 0 Å². The van der Waals surface area contributed by atoms with Crippen molar-refractivity contribution in [1.82, 2.24) is 0 Å². The highest BCUT2D eigenvalue weighted by molar-refractivity contribution is 6.74. The van der Waals surface area contributed by atoms with E-state index >= 15 is 0 Å². The molecule has 10 aromatic carbocycles. The summed E-state index contributed by atoms with van der Waals surface area (Å²) < 4.78 is 11.2. The second-order valence-corrected chi connectivity index (χ2v) is 28.6. The maximum absolute atomic E-state index is 12.4. The molecule has 0 fully saturated rings. The number of aryl methyl sites for hydroxylation is 8. The fourth-order valence-corrected chi connectivity index (χ4v) is 14.6. The topological polar surface area (TPSA) is 104 Å². The summed E-state index contributed by atoms with van der Waals surface area (Å²) in [7, 11) is 0. The molecule has 7 nitrogen and oxygen atoms in total. The van der Waals surface area contributed by atoms with Gasteiger partial charge in [0.25, 0.3) is 0 Å². The number of carbonyl (C=O) groups excluding carboxylic acids is 5. The summed E-state index contributed by atoms with van der Waals surface area (Å²) in [6.45, 7) is 24.5. The van der Waals surface area contributed by atoms with Crippen LogP contribution in [-0.4, -0.2) is 62.9 Å². The Labute approximate surface area is 595 Å². The Hall–Kier alpha value is -9.21. The summed E-state index contributed by atoms with van der Waals surface area (Å²) >= 11 is 0. The lowest BCUT2D eigenvalue weighted by Crippen LogP contribution is -2.24. The van der Waals surface area contributed by atoms with Gasteiger partial charge >= 0.3 is 13.8 Å². The van der Waals surface area contributed by atoms with Gasteiger partial charge in [-0.1, -0.05) is 303 Å². The van der Waals surface area contributed by atoms with Crippen molar-refractivity contribution in [2.45, 2.75) is 152 Å². The van der Waals surface area contributed by atoms with Crippen LogP contribution in [0.15, 0.2) is 212 Å². The standard InChI is InChI=1S/3C18H19BO.2C17H17BO2/c1-13-3-6-16(7-4-13)18(20)12-14-5-8-15-9-10-19(2)17(15)11-14;1-13-4-3-5-16(10-13)18(20)12-14-6-7-15-8-9-19(2)17(15)11-14;1-13-5-3-4-6-16(13)18(20)12-14-7-8-15-9-10-19(2)17(15)11-14;1-12-4-3-5-14(8-12)17(19)10-13-6-7-15-11-20-18(2)16(15)9-13;1-12-5-3-4-6-15(12)17(19)10-13-7-8-14-11-20-18(2)16(14)9-13/h3-8,11H,9-10,12H2,1-2H3;3-7,10-11H,8-9,12H2,1-2H3;3-8,11H,9-10,12H2,1-2H3;2*3-9H,10-11H2,1-2H3. The smallest absolute Gasteiger partial charge is 0.324 e. The van der Waals surface area contributed by atoms with Crippen molar-refractivity contribution in [3.05, 3.63) is 324 Å². The highest BCUT2D eigenvalue weighted by Crippen LogP contribution is 2.23. The quantitative estimate of drug-likeness (QED) is 0.0744. The fourth-order valence-electron chi connectivity index (χ4n) is 14.6. The Morgan fingerprint density at radius 1 is 0.300 bits per heavy atom. The number of carbonyl (C=O) groups is 5. The van der Waals surface area contributed by atoms with Crippen molar-refractivity contribution >= 4 is 90.2 Å². The highest BCUT2D eigenvalue weighted by Gasteiger charge is 2.28. The predicted octanol–water partition coefficient (Wildman–Crippen LogP) is 15.5. The fraction of sp³-hybridized carbons (Fsp3) is 0.261. The molecule has 5 heterocycles. The zero-order chi connectivity index (χ0) is 70.6. The number of fused-ring (bicyclic) bond motifs is 5. The summed E-state index contributed by atoms with van der Waals surface area (Å²) in [6, 6.07) is 71.2. The third kappa shape index (κ3) is 18.4. The lowest BCUT2D eigenvalue weighted by Gasteiger charge is -2.08. The van der Waals surface area contributed by atoms with Crippen LogP contribution in [0, 0.1) is 34.6 Å². The van der Waals surface area contributed by atoms with Gasteiger partial charge in [-0.3, -0.25) is 24.0 Å².